The lowest BCUT2D eigenvalue weighted by atomic mass is 10.1. The largest absolute Gasteiger partial charge is 0.493 e. The van der Waals surface area contributed by atoms with Gasteiger partial charge in [0.2, 0.25) is 11.8 Å². The Bertz CT molecular complexity index is 696. The molecule has 156 valence electrons. The van der Waals surface area contributed by atoms with Crippen LogP contribution in [0, 0.1) is 5.92 Å². The van der Waals surface area contributed by atoms with Gasteiger partial charge in [0, 0.05) is 24.8 Å². The van der Waals surface area contributed by atoms with E-state index in [0.29, 0.717) is 23.8 Å². The van der Waals surface area contributed by atoms with Crippen molar-refractivity contribution in [2.75, 3.05) is 47.2 Å². The van der Waals surface area contributed by atoms with Gasteiger partial charge in [-0.2, -0.15) is 0 Å². The molecule has 1 fully saturated rings. The van der Waals surface area contributed by atoms with E-state index in [1.54, 1.807) is 30.9 Å². The van der Waals surface area contributed by atoms with Crippen molar-refractivity contribution in [1.82, 2.24) is 15.1 Å². The van der Waals surface area contributed by atoms with Gasteiger partial charge in [-0.1, -0.05) is 19.9 Å². The second-order valence-electron chi connectivity index (χ2n) is 7.31. The van der Waals surface area contributed by atoms with Crippen LogP contribution in [0.15, 0.2) is 18.2 Å². The Morgan fingerprint density at radius 1 is 1.25 bits per heavy atom. The molecular weight excluding hydrogens is 378 g/mol. The molecule has 2 amide bonds. The number of amides is 2. The van der Waals surface area contributed by atoms with Gasteiger partial charge in [0.05, 0.1) is 14.2 Å². The van der Waals surface area contributed by atoms with Gasteiger partial charge < -0.3 is 24.6 Å². The Kier molecular flexibility index (Phi) is 8.00. The highest BCUT2D eigenvalue weighted by molar-refractivity contribution is 7.99. The molecule has 0 aromatic heterocycles. The highest BCUT2D eigenvalue weighted by Gasteiger charge is 2.42. The van der Waals surface area contributed by atoms with E-state index in [9.17, 15) is 9.59 Å². The molecule has 0 saturated carbocycles. The van der Waals surface area contributed by atoms with Gasteiger partial charge in [-0.05, 0) is 31.8 Å². The van der Waals surface area contributed by atoms with E-state index in [0.717, 1.165) is 12.1 Å². The van der Waals surface area contributed by atoms with Crippen molar-refractivity contribution in [2.45, 2.75) is 25.3 Å². The van der Waals surface area contributed by atoms with Crippen LogP contribution >= 0.6 is 11.8 Å². The minimum atomic E-state index is -0.486. The van der Waals surface area contributed by atoms with Gasteiger partial charge in [-0.15, -0.1) is 11.8 Å². The average Bonchev–Trinajstić information content (AvgIpc) is 3.11. The first-order valence-electron chi connectivity index (χ1n) is 9.38. The number of benzene rings is 1. The Hall–Kier alpha value is -1.93. The number of methoxy groups -OCH3 is 2. The lowest BCUT2D eigenvalue weighted by Crippen LogP contribution is -2.50. The van der Waals surface area contributed by atoms with Gasteiger partial charge in [0.1, 0.15) is 11.4 Å². The third-order valence-electron chi connectivity index (χ3n) is 4.60. The number of hydrogen-bond acceptors (Lipinski definition) is 6. The fourth-order valence-corrected chi connectivity index (χ4v) is 4.49. The summed E-state index contributed by atoms with van der Waals surface area (Å²) in [5, 5.41) is 2.72. The molecule has 1 heterocycles. The van der Waals surface area contributed by atoms with Crippen LogP contribution in [-0.2, 0) is 9.59 Å². The van der Waals surface area contributed by atoms with Crippen molar-refractivity contribution >= 4 is 23.6 Å². The maximum Gasteiger partial charge on any atom is 0.243 e. The fraction of sp³-hybridized carbons (Fsp3) is 0.600. The Balaban J connectivity index is 2.27. The van der Waals surface area contributed by atoms with Crippen LogP contribution in [0.2, 0.25) is 0 Å². The van der Waals surface area contributed by atoms with E-state index in [2.05, 4.69) is 5.32 Å². The number of likely N-dealkylation sites (N-methyl/N-ethyl adjacent to an activating group) is 1. The number of carbonyl (C=O) groups excluding carboxylic acids is 2. The zero-order valence-electron chi connectivity index (χ0n) is 17.5. The van der Waals surface area contributed by atoms with E-state index < -0.39 is 6.04 Å². The summed E-state index contributed by atoms with van der Waals surface area (Å²) >= 11 is 1.60. The Labute approximate surface area is 171 Å². The topological polar surface area (TPSA) is 71.1 Å². The lowest BCUT2D eigenvalue weighted by molar-refractivity contribution is -0.142. The minimum absolute atomic E-state index is 0.0301. The zero-order chi connectivity index (χ0) is 20.8. The number of rotatable bonds is 8. The number of thioether (sulfide) groups is 1. The minimum Gasteiger partial charge on any atom is -0.493 e. The molecule has 7 nitrogen and oxygen atoms in total. The van der Waals surface area contributed by atoms with Crippen LogP contribution in [0.4, 0.5) is 0 Å². The van der Waals surface area contributed by atoms with Crippen LogP contribution in [-0.4, -0.2) is 74.8 Å². The van der Waals surface area contributed by atoms with Crippen LogP contribution in [0.3, 0.4) is 0 Å². The highest BCUT2D eigenvalue weighted by Crippen LogP contribution is 2.44. The number of hydrogen-bond donors (Lipinski definition) is 1. The summed E-state index contributed by atoms with van der Waals surface area (Å²) in [6, 6.07) is 5.15. The lowest BCUT2D eigenvalue weighted by Gasteiger charge is -2.31. The van der Waals surface area contributed by atoms with Crippen LogP contribution < -0.4 is 14.8 Å². The molecule has 1 aromatic carbocycles. The normalized spacial score (nSPS) is 19.2. The van der Waals surface area contributed by atoms with Crippen molar-refractivity contribution in [3.05, 3.63) is 23.8 Å². The number of nitrogens with zero attached hydrogens (tertiary/aromatic N) is 2. The third kappa shape index (κ3) is 5.11. The molecule has 0 radical (unpaired) electrons. The molecule has 0 bridgehead atoms. The van der Waals surface area contributed by atoms with Gasteiger partial charge in [0.25, 0.3) is 0 Å². The quantitative estimate of drug-likeness (QED) is 0.708. The molecule has 1 N–H and O–H groups in total. The monoisotopic (exact) mass is 409 g/mol. The van der Waals surface area contributed by atoms with E-state index in [-0.39, 0.29) is 23.1 Å². The van der Waals surface area contributed by atoms with E-state index in [1.807, 2.05) is 51.0 Å². The maximum absolute atomic E-state index is 13.0. The summed E-state index contributed by atoms with van der Waals surface area (Å²) in [5.41, 5.74) is 0.917. The molecule has 28 heavy (non-hydrogen) atoms. The fourth-order valence-electron chi connectivity index (χ4n) is 3.06. The molecule has 8 heteroatoms. The predicted octanol–water partition coefficient (Wildman–Crippen LogP) is 1.98. The van der Waals surface area contributed by atoms with Gasteiger partial charge in [-0.25, -0.2) is 0 Å². The molecule has 2 rings (SSSR count). The number of ether oxygens (including phenoxy) is 2. The molecule has 1 aliphatic heterocycles. The molecule has 1 aromatic rings. The molecular formula is C20H31N3O4S. The summed E-state index contributed by atoms with van der Waals surface area (Å²) in [6.07, 6.45) is 0. The summed E-state index contributed by atoms with van der Waals surface area (Å²) in [6.45, 7) is 5.02. The summed E-state index contributed by atoms with van der Waals surface area (Å²) in [4.78, 5) is 29.5. The van der Waals surface area contributed by atoms with Crippen LogP contribution in [0.1, 0.15) is 24.8 Å². The molecule has 0 aliphatic carbocycles. The van der Waals surface area contributed by atoms with Crippen LogP contribution in [0.5, 0.6) is 11.5 Å². The van der Waals surface area contributed by atoms with Crippen molar-refractivity contribution in [2.24, 2.45) is 5.92 Å². The van der Waals surface area contributed by atoms with Gasteiger partial charge in [0.15, 0.2) is 11.5 Å². The van der Waals surface area contributed by atoms with Crippen molar-refractivity contribution in [3.63, 3.8) is 0 Å². The van der Waals surface area contributed by atoms with E-state index in [4.69, 9.17) is 9.47 Å². The van der Waals surface area contributed by atoms with Crippen molar-refractivity contribution in [1.29, 1.82) is 0 Å². The Morgan fingerprint density at radius 3 is 2.50 bits per heavy atom. The molecule has 1 saturated heterocycles. The molecule has 2 atom stereocenters. The van der Waals surface area contributed by atoms with Gasteiger partial charge in [-0.3, -0.25) is 9.59 Å². The third-order valence-corrected chi connectivity index (χ3v) is 5.93. The smallest absolute Gasteiger partial charge is 0.243 e. The second-order valence-corrected chi connectivity index (χ2v) is 8.42. The first-order chi connectivity index (χ1) is 13.3. The molecule has 0 spiro atoms. The summed E-state index contributed by atoms with van der Waals surface area (Å²) < 4.78 is 10.7. The number of carbonyl (C=O) groups is 2. The maximum atomic E-state index is 13.0. The average molecular weight is 410 g/mol. The van der Waals surface area contributed by atoms with E-state index in [1.165, 1.54) is 0 Å². The first kappa shape index (κ1) is 22.4. The molecule has 1 aliphatic rings. The van der Waals surface area contributed by atoms with E-state index >= 15 is 0 Å². The summed E-state index contributed by atoms with van der Waals surface area (Å²) in [7, 11) is 7.09. The standard InChI is InChI=1S/C20H31N3O4S/c1-13(2)19(25)23-15(18(24)21-9-10-22(3)4)12-28-20(23)14-7-8-16(26-5)17(11-14)27-6/h7-8,11,13,15,20H,9-10,12H2,1-6H3,(H,21,24). The second kappa shape index (κ2) is 10.0. The number of nitrogens with one attached hydrogen (secondary N) is 1. The Morgan fingerprint density at radius 2 is 1.93 bits per heavy atom. The highest BCUT2D eigenvalue weighted by atomic mass is 32.2. The summed E-state index contributed by atoms with van der Waals surface area (Å²) in [5.74, 6) is 1.47. The SMILES string of the molecule is COc1ccc(C2SCC(C(=O)NCCN(C)C)N2C(=O)C(C)C)cc1OC. The predicted molar refractivity (Wildman–Crippen MR) is 112 cm³/mol. The van der Waals surface area contributed by atoms with Crippen molar-refractivity contribution in [3.8, 4) is 11.5 Å². The first-order valence-corrected chi connectivity index (χ1v) is 10.4. The van der Waals surface area contributed by atoms with Crippen molar-refractivity contribution < 1.29 is 19.1 Å². The molecule has 2 unspecified atom stereocenters. The zero-order valence-corrected chi connectivity index (χ0v) is 18.3. The van der Waals surface area contributed by atoms with Gasteiger partial charge >= 0.3 is 0 Å². The van der Waals surface area contributed by atoms with Crippen LogP contribution in [0.25, 0.3) is 0 Å².